The summed E-state index contributed by atoms with van der Waals surface area (Å²) in [6.45, 7) is 7.00. The minimum Gasteiger partial charge on any atom is -0.394 e. The van der Waals surface area contributed by atoms with E-state index in [0.29, 0.717) is 6.42 Å². The van der Waals surface area contributed by atoms with Crippen LogP contribution >= 0.6 is 0 Å². The lowest BCUT2D eigenvalue weighted by Crippen LogP contribution is -2.11. The first-order chi connectivity index (χ1) is 10.2. The molecule has 0 saturated heterocycles. The van der Waals surface area contributed by atoms with Gasteiger partial charge in [0, 0.05) is 19.6 Å². The first-order valence-corrected chi connectivity index (χ1v) is 7.08. The van der Waals surface area contributed by atoms with Gasteiger partial charge in [-0.1, -0.05) is 30.3 Å². The maximum absolute atomic E-state index is 9.97. The Hall–Kier alpha value is -1.27. The summed E-state index contributed by atoms with van der Waals surface area (Å²) in [4.78, 5) is 9.97. The van der Waals surface area contributed by atoms with E-state index in [1.54, 1.807) is 0 Å². The normalized spacial score (nSPS) is 9.24. The van der Waals surface area contributed by atoms with Crippen LogP contribution in [0.3, 0.4) is 0 Å². The highest BCUT2D eigenvalue weighted by atomic mass is 16.7. The fourth-order valence-corrected chi connectivity index (χ4v) is 1.23. The molecule has 1 rings (SSSR count). The second-order valence-electron chi connectivity index (χ2n) is 3.78. The molecule has 0 saturated carbocycles. The van der Waals surface area contributed by atoms with Crippen molar-refractivity contribution in [3.8, 4) is 0 Å². The molecule has 2 N–H and O–H groups in total. The van der Waals surface area contributed by atoms with E-state index in [2.05, 4.69) is 0 Å². The van der Waals surface area contributed by atoms with Gasteiger partial charge in [0.15, 0.2) is 6.29 Å². The van der Waals surface area contributed by atoms with E-state index >= 15 is 0 Å². The van der Waals surface area contributed by atoms with Gasteiger partial charge in [0.05, 0.1) is 13.2 Å². The molecule has 0 aliphatic rings. The number of carbonyl (C=O) groups is 1. The van der Waals surface area contributed by atoms with Gasteiger partial charge < -0.3 is 24.5 Å². The summed E-state index contributed by atoms with van der Waals surface area (Å²) in [5, 5.41) is 15.2. The van der Waals surface area contributed by atoms with Crippen molar-refractivity contribution in [3.63, 3.8) is 0 Å². The van der Waals surface area contributed by atoms with Gasteiger partial charge in [-0.05, 0) is 26.3 Å². The van der Waals surface area contributed by atoms with E-state index in [1.165, 1.54) is 0 Å². The molecule has 0 aliphatic heterocycles. The molecule has 21 heavy (non-hydrogen) atoms. The zero-order valence-corrected chi connectivity index (χ0v) is 13.2. The predicted molar refractivity (Wildman–Crippen MR) is 83.1 cm³/mol. The number of carbonyl (C=O) groups excluding carboxylic acids is 1. The van der Waals surface area contributed by atoms with Gasteiger partial charge in [0.1, 0.15) is 6.29 Å². The van der Waals surface area contributed by atoms with Crippen molar-refractivity contribution in [2.75, 3.05) is 26.4 Å². The Balaban J connectivity index is 0. The summed E-state index contributed by atoms with van der Waals surface area (Å²) in [5.74, 6) is 0. The zero-order chi connectivity index (χ0) is 16.3. The number of hydrogen-bond acceptors (Lipinski definition) is 5. The summed E-state index contributed by atoms with van der Waals surface area (Å²) in [5.41, 5.74) is 1.08. The van der Waals surface area contributed by atoms with Crippen molar-refractivity contribution in [1.82, 2.24) is 0 Å². The molecule has 0 amide bonds. The highest BCUT2D eigenvalue weighted by molar-refractivity contribution is 5.54. The van der Waals surface area contributed by atoms with Crippen LogP contribution < -0.4 is 0 Å². The standard InChI is InChI=1S/C8H8O.C6H14O2.C2H6O2/c9-7-6-8-4-2-1-3-5-8;1-4-7-6(3)8-5-2;3-1-2-4/h1-5,7H,6H2;6H,4-5H2,1-3H3;3-4H,1-2H2. The maximum atomic E-state index is 9.97. The summed E-state index contributed by atoms with van der Waals surface area (Å²) in [7, 11) is 0. The van der Waals surface area contributed by atoms with Crippen LogP contribution in [0, 0.1) is 0 Å². The lowest BCUT2D eigenvalue weighted by atomic mass is 10.2. The van der Waals surface area contributed by atoms with Crippen LogP contribution in [-0.2, 0) is 20.7 Å². The van der Waals surface area contributed by atoms with Crippen molar-refractivity contribution < 1.29 is 24.5 Å². The number of aliphatic hydroxyl groups is 2. The highest BCUT2D eigenvalue weighted by Gasteiger charge is 1.94. The molecule has 5 nitrogen and oxygen atoms in total. The lowest BCUT2D eigenvalue weighted by molar-refractivity contribution is -0.123. The molecule has 0 fully saturated rings. The second kappa shape index (κ2) is 18.7. The first kappa shape index (κ1) is 22.0. The van der Waals surface area contributed by atoms with Crippen LogP contribution in [0.2, 0.25) is 0 Å². The Kier molecular flexibility index (Phi) is 19.6. The third kappa shape index (κ3) is 18.7. The van der Waals surface area contributed by atoms with Crippen LogP contribution in [0.15, 0.2) is 30.3 Å². The molecular formula is C16H28O5. The number of benzene rings is 1. The number of aldehydes is 1. The molecule has 122 valence electrons. The van der Waals surface area contributed by atoms with Gasteiger partial charge in [0.2, 0.25) is 0 Å². The Morgan fingerprint density at radius 1 is 1.05 bits per heavy atom. The zero-order valence-electron chi connectivity index (χ0n) is 13.2. The predicted octanol–water partition coefficient (Wildman–Crippen LogP) is 1.80. The average Bonchev–Trinajstić information content (AvgIpc) is 2.50. The fraction of sp³-hybridized carbons (Fsp3) is 0.562. The molecular weight excluding hydrogens is 272 g/mol. The number of hydrogen-bond donors (Lipinski definition) is 2. The number of aliphatic hydroxyl groups excluding tert-OH is 2. The molecule has 0 spiro atoms. The first-order valence-electron chi connectivity index (χ1n) is 7.08. The quantitative estimate of drug-likeness (QED) is 0.593. The van der Waals surface area contributed by atoms with E-state index in [0.717, 1.165) is 25.1 Å². The molecule has 0 unspecified atom stereocenters. The second-order valence-corrected chi connectivity index (χ2v) is 3.78. The largest absolute Gasteiger partial charge is 0.394 e. The van der Waals surface area contributed by atoms with Crippen LogP contribution in [0.1, 0.15) is 26.3 Å². The van der Waals surface area contributed by atoms with Gasteiger partial charge in [-0.15, -0.1) is 0 Å². The minimum absolute atomic E-state index is 0.0370. The Morgan fingerprint density at radius 2 is 1.52 bits per heavy atom. The van der Waals surface area contributed by atoms with Gasteiger partial charge in [-0.2, -0.15) is 0 Å². The smallest absolute Gasteiger partial charge is 0.154 e. The van der Waals surface area contributed by atoms with Crippen LogP contribution in [0.5, 0.6) is 0 Å². The average molecular weight is 300 g/mol. The molecule has 0 heterocycles. The summed E-state index contributed by atoms with van der Waals surface area (Å²) >= 11 is 0. The number of ether oxygens (including phenoxy) is 2. The van der Waals surface area contributed by atoms with Crippen molar-refractivity contribution in [1.29, 1.82) is 0 Å². The van der Waals surface area contributed by atoms with E-state index < -0.39 is 0 Å². The molecule has 0 atom stereocenters. The van der Waals surface area contributed by atoms with Gasteiger partial charge >= 0.3 is 0 Å². The van der Waals surface area contributed by atoms with Crippen LogP contribution in [0.25, 0.3) is 0 Å². The molecule has 1 aromatic rings. The molecule has 0 radical (unpaired) electrons. The van der Waals surface area contributed by atoms with Crippen molar-refractivity contribution >= 4 is 6.29 Å². The molecule has 0 aliphatic carbocycles. The maximum Gasteiger partial charge on any atom is 0.154 e. The van der Waals surface area contributed by atoms with Crippen molar-refractivity contribution in [3.05, 3.63) is 35.9 Å². The van der Waals surface area contributed by atoms with Gasteiger partial charge in [0.25, 0.3) is 0 Å². The fourth-order valence-electron chi connectivity index (χ4n) is 1.23. The summed E-state index contributed by atoms with van der Waals surface area (Å²) < 4.78 is 10.1. The van der Waals surface area contributed by atoms with Gasteiger partial charge in [-0.3, -0.25) is 0 Å². The van der Waals surface area contributed by atoms with E-state index in [-0.39, 0.29) is 19.5 Å². The van der Waals surface area contributed by atoms with E-state index in [4.69, 9.17) is 19.7 Å². The monoisotopic (exact) mass is 300 g/mol. The third-order valence-corrected chi connectivity index (χ3v) is 2.06. The Labute approximate surface area is 127 Å². The summed E-state index contributed by atoms with van der Waals surface area (Å²) in [6, 6.07) is 9.68. The Bertz CT molecular complexity index is 295. The Morgan fingerprint density at radius 3 is 1.86 bits per heavy atom. The molecule has 0 bridgehead atoms. The van der Waals surface area contributed by atoms with Crippen LogP contribution in [-0.4, -0.2) is 49.2 Å². The van der Waals surface area contributed by atoms with Gasteiger partial charge in [-0.25, -0.2) is 0 Å². The topological polar surface area (TPSA) is 76.0 Å². The summed E-state index contributed by atoms with van der Waals surface area (Å²) in [6.07, 6.45) is 1.40. The molecule has 1 aromatic carbocycles. The highest BCUT2D eigenvalue weighted by Crippen LogP contribution is 1.96. The third-order valence-electron chi connectivity index (χ3n) is 2.06. The van der Waals surface area contributed by atoms with Crippen molar-refractivity contribution in [2.24, 2.45) is 0 Å². The minimum atomic E-state index is -0.125. The lowest BCUT2D eigenvalue weighted by Gasteiger charge is -2.09. The molecule has 0 aromatic heterocycles. The molecule has 5 heteroatoms. The SMILES string of the molecule is CCOC(C)OCC.O=CCc1ccccc1.OCCO. The number of rotatable bonds is 7. The van der Waals surface area contributed by atoms with Crippen molar-refractivity contribution in [2.45, 2.75) is 33.5 Å². The van der Waals surface area contributed by atoms with E-state index in [1.807, 2.05) is 51.1 Å². The van der Waals surface area contributed by atoms with Crippen LogP contribution in [0.4, 0.5) is 0 Å². The van der Waals surface area contributed by atoms with E-state index in [9.17, 15) is 4.79 Å².